The van der Waals surface area contributed by atoms with Crippen molar-refractivity contribution in [3.8, 4) is 5.75 Å². The Balaban J connectivity index is 1.90. The van der Waals surface area contributed by atoms with Gasteiger partial charge in [0.1, 0.15) is 12.1 Å². The minimum Gasteiger partial charge on any atom is -0.483 e. The molecule has 0 bridgehead atoms. The molecule has 0 saturated carbocycles. The quantitative estimate of drug-likeness (QED) is 0.797. The van der Waals surface area contributed by atoms with Crippen molar-refractivity contribution in [3.63, 3.8) is 0 Å². The van der Waals surface area contributed by atoms with Crippen LogP contribution in [0.25, 0.3) is 0 Å². The Kier molecular flexibility index (Phi) is 6.31. The van der Waals surface area contributed by atoms with Gasteiger partial charge in [-0.05, 0) is 38.0 Å². The summed E-state index contributed by atoms with van der Waals surface area (Å²) in [5.74, 6) is 1.21. The molecule has 7 nitrogen and oxygen atoms in total. The van der Waals surface area contributed by atoms with Crippen LogP contribution in [0.1, 0.15) is 29.9 Å². The van der Waals surface area contributed by atoms with Crippen molar-refractivity contribution in [2.24, 2.45) is 0 Å². The number of aromatic nitrogens is 3. The molecule has 0 aliphatic carbocycles. The van der Waals surface area contributed by atoms with Crippen LogP contribution in [-0.2, 0) is 16.1 Å². The second-order valence-corrected chi connectivity index (χ2v) is 5.65. The summed E-state index contributed by atoms with van der Waals surface area (Å²) in [7, 11) is 1.64. The highest BCUT2D eigenvalue weighted by Crippen LogP contribution is 2.20. The Morgan fingerprint density at radius 2 is 2.17 bits per heavy atom. The summed E-state index contributed by atoms with van der Waals surface area (Å²) < 4.78 is 12.5. The third kappa shape index (κ3) is 4.55. The molecule has 2 rings (SSSR count). The Hall–Kier alpha value is -2.41. The van der Waals surface area contributed by atoms with Crippen LogP contribution in [0.4, 0.5) is 0 Å². The van der Waals surface area contributed by atoms with Gasteiger partial charge in [0, 0.05) is 13.7 Å². The van der Waals surface area contributed by atoms with Gasteiger partial charge in [-0.1, -0.05) is 12.1 Å². The maximum Gasteiger partial charge on any atom is 0.258 e. The van der Waals surface area contributed by atoms with E-state index in [4.69, 9.17) is 9.47 Å². The summed E-state index contributed by atoms with van der Waals surface area (Å²) in [5.41, 5.74) is 2.17. The maximum atomic E-state index is 12.1. The highest BCUT2D eigenvalue weighted by molar-refractivity contribution is 5.77. The number of benzene rings is 1. The summed E-state index contributed by atoms with van der Waals surface area (Å²) in [6, 6.07) is 5.52. The van der Waals surface area contributed by atoms with Crippen LogP contribution in [0, 0.1) is 13.8 Å². The van der Waals surface area contributed by atoms with E-state index in [-0.39, 0.29) is 18.6 Å². The largest absolute Gasteiger partial charge is 0.483 e. The molecular weight excluding hydrogens is 308 g/mol. The molecule has 24 heavy (non-hydrogen) atoms. The minimum atomic E-state index is -0.265. The fourth-order valence-electron chi connectivity index (χ4n) is 2.33. The van der Waals surface area contributed by atoms with Crippen LogP contribution in [0.3, 0.4) is 0 Å². The number of nitrogens with zero attached hydrogens (tertiary/aromatic N) is 3. The Morgan fingerprint density at radius 1 is 1.38 bits per heavy atom. The number of hydrogen-bond donors (Lipinski definition) is 1. The first-order chi connectivity index (χ1) is 11.5. The lowest BCUT2D eigenvalue weighted by molar-refractivity contribution is -0.123. The monoisotopic (exact) mass is 332 g/mol. The summed E-state index contributed by atoms with van der Waals surface area (Å²) >= 11 is 0. The molecule has 2 aromatic rings. The van der Waals surface area contributed by atoms with E-state index in [1.165, 1.54) is 0 Å². The van der Waals surface area contributed by atoms with Gasteiger partial charge in [-0.25, -0.2) is 0 Å². The van der Waals surface area contributed by atoms with Gasteiger partial charge in [-0.15, -0.1) is 10.2 Å². The molecule has 0 aliphatic heterocycles. The maximum absolute atomic E-state index is 12.1. The second-order valence-electron chi connectivity index (χ2n) is 5.65. The normalized spacial score (nSPS) is 12.0. The molecule has 7 heteroatoms. The molecular formula is C17H24N4O3. The van der Waals surface area contributed by atoms with E-state index < -0.39 is 0 Å². The van der Waals surface area contributed by atoms with Gasteiger partial charge < -0.3 is 19.4 Å². The number of aryl methyl sites for hydroxylation is 1. The smallest absolute Gasteiger partial charge is 0.258 e. The molecule has 130 valence electrons. The Morgan fingerprint density at radius 3 is 2.92 bits per heavy atom. The standard InChI is InChI=1S/C17H24N4O3/c1-12-6-5-7-15(13(12)2)24-10-16(22)19-14(3)17-20-18-11-21(17)8-9-23-4/h5-7,11,14H,8-10H2,1-4H3,(H,19,22)/t14-/m1/s1. The van der Waals surface area contributed by atoms with Crippen LogP contribution in [0.2, 0.25) is 0 Å². The zero-order valence-corrected chi connectivity index (χ0v) is 14.6. The summed E-state index contributed by atoms with van der Waals surface area (Å²) in [5, 5.41) is 10.8. The van der Waals surface area contributed by atoms with Gasteiger partial charge in [-0.3, -0.25) is 4.79 Å². The molecule has 0 saturated heterocycles. The van der Waals surface area contributed by atoms with E-state index in [1.807, 2.05) is 43.5 Å². The number of hydrogen-bond acceptors (Lipinski definition) is 5. The topological polar surface area (TPSA) is 78.3 Å². The van der Waals surface area contributed by atoms with Crippen LogP contribution in [0.5, 0.6) is 5.75 Å². The fourth-order valence-corrected chi connectivity index (χ4v) is 2.33. The van der Waals surface area contributed by atoms with Crippen molar-refractivity contribution in [2.75, 3.05) is 20.3 Å². The second kappa shape index (κ2) is 8.44. The zero-order valence-electron chi connectivity index (χ0n) is 14.6. The van der Waals surface area contributed by atoms with Crippen LogP contribution >= 0.6 is 0 Å². The number of amides is 1. The molecule has 0 spiro atoms. The summed E-state index contributed by atoms with van der Waals surface area (Å²) in [6.07, 6.45) is 1.63. The summed E-state index contributed by atoms with van der Waals surface area (Å²) in [6.45, 7) is 7.00. The zero-order chi connectivity index (χ0) is 17.5. The summed E-state index contributed by atoms with van der Waals surface area (Å²) in [4.78, 5) is 12.1. The molecule has 1 atom stereocenters. The number of rotatable bonds is 8. The number of ether oxygens (including phenoxy) is 2. The van der Waals surface area contributed by atoms with Crippen LogP contribution in [-0.4, -0.2) is 41.0 Å². The van der Waals surface area contributed by atoms with Gasteiger partial charge in [0.05, 0.1) is 12.6 Å². The molecule has 0 radical (unpaired) electrons. The van der Waals surface area contributed by atoms with E-state index in [2.05, 4.69) is 15.5 Å². The van der Waals surface area contributed by atoms with Crippen molar-refractivity contribution in [2.45, 2.75) is 33.4 Å². The number of methoxy groups -OCH3 is 1. The van der Waals surface area contributed by atoms with Crippen molar-refractivity contribution in [1.29, 1.82) is 0 Å². The first-order valence-electron chi connectivity index (χ1n) is 7.88. The molecule has 1 aromatic carbocycles. The van der Waals surface area contributed by atoms with E-state index in [0.29, 0.717) is 19.0 Å². The van der Waals surface area contributed by atoms with Crippen molar-refractivity contribution in [3.05, 3.63) is 41.5 Å². The average molecular weight is 332 g/mol. The van der Waals surface area contributed by atoms with E-state index in [9.17, 15) is 4.79 Å². The van der Waals surface area contributed by atoms with Gasteiger partial charge in [-0.2, -0.15) is 0 Å². The first-order valence-corrected chi connectivity index (χ1v) is 7.88. The van der Waals surface area contributed by atoms with Crippen molar-refractivity contribution < 1.29 is 14.3 Å². The van der Waals surface area contributed by atoms with Gasteiger partial charge in [0.2, 0.25) is 0 Å². The molecule has 0 aliphatic rings. The predicted molar refractivity (Wildman–Crippen MR) is 89.9 cm³/mol. The first kappa shape index (κ1) is 17.9. The lowest BCUT2D eigenvalue weighted by Gasteiger charge is -2.15. The fraction of sp³-hybridized carbons (Fsp3) is 0.471. The van der Waals surface area contributed by atoms with Crippen LogP contribution < -0.4 is 10.1 Å². The molecule has 1 N–H and O–H groups in total. The average Bonchev–Trinajstić information content (AvgIpc) is 3.03. The molecule has 0 unspecified atom stereocenters. The molecule has 1 amide bonds. The third-order valence-electron chi connectivity index (χ3n) is 3.86. The van der Waals surface area contributed by atoms with E-state index in [0.717, 1.165) is 16.9 Å². The Labute approximate surface area is 142 Å². The van der Waals surface area contributed by atoms with Gasteiger partial charge in [0.25, 0.3) is 5.91 Å². The molecule has 1 aromatic heterocycles. The van der Waals surface area contributed by atoms with Gasteiger partial charge >= 0.3 is 0 Å². The molecule has 1 heterocycles. The number of nitrogens with one attached hydrogen (secondary N) is 1. The Bertz CT molecular complexity index is 684. The van der Waals surface area contributed by atoms with Crippen molar-refractivity contribution in [1.82, 2.24) is 20.1 Å². The highest BCUT2D eigenvalue weighted by atomic mass is 16.5. The predicted octanol–water partition coefficient (Wildman–Crippen LogP) is 1.80. The van der Waals surface area contributed by atoms with Crippen LogP contribution in [0.15, 0.2) is 24.5 Å². The lowest BCUT2D eigenvalue weighted by atomic mass is 10.1. The van der Waals surface area contributed by atoms with E-state index >= 15 is 0 Å². The minimum absolute atomic E-state index is 0.0408. The highest BCUT2D eigenvalue weighted by Gasteiger charge is 2.16. The van der Waals surface area contributed by atoms with Crippen molar-refractivity contribution >= 4 is 5.91 Å². The van der Waals surface area contributed by atoms with Gasteiger partial charge in [0.15, 0.2) is 12.4 Å². The number of carbonyl (C=O) groups excluding carboxylic acids is 1. The lowest BCUT2D eigenvalue weighted by Crippen LogP contribution is -2.33. The third-order valence-corrected chi connectivity index (χ3v) is 3.86. The SMILES string of the molecule is COCCn1cnnc1[C@@H](C)NC(=O)COc1cccc(C)c1C. The number of carbonyl (C=O) groups is 1. The van der Waals surface area contributed by atoms with E-state index in [1.54, 1.807) is 13.4 Å². The molecule has 0 fully saturated rings.